The summed E-state index contributed by atoms with van der Waals surface area (Å²) in [5.74, 6) is -0.242. The lowest BCUT2D eigenvalue weighted by Gasteiger charge is -2.15. The predicted molar refractivity (Wildman–Crippen MR) is 51.6 cm³/mol. The molecule has 1 aromatic heterocycles. The lowest BCUT2D eigenvalue weighted by molar-refractivity contribution is -0.120. The number of aromatic nitrogens is 1. The smallest absolute Gasteiger partial charge is 0.243 e. The second kappa shape index (κ2) is 4.09. The summed E-state index contributed by atoms with van der Waals surface area (Å²) in [6, 6.07) is 3.56. The first-order valence-corrected chi connectivity index (χ1v) is 4.30. The monoisotopic (exact) mass is 181 g/mol. The minimum Gasteiger partial charge on any atom is -0.327 e. The van der Waals surface area contributed by atoms with Crippen LogP contribution in [0, 0.1) is 5.92 Å². The van der Waals surface area contributed by atoms with Crippen molar-refractivity contribution in [2.45, 2.75) is 19.9 Å². The first-order chi connectivity index (χ1) is 6.11. The lowest BCUT2D eigenvalue weighted by atomic mass is 10.0. The molecule has 0 radical (unpaired) electrons. The first kappa shape index (κ1) is 9.80. The van der Waals surface area contributed by atoms with E-state index in [4.69, 9.17) is 5.73 Å². The van der Waals surface area contributed by atoms with Crippen LogP contribution in [0.5, 0.6) is 0 Å². The van der Waals surface area contributed by atoms with E-state index in [1.54, 1.807) is 17.1 Å². The van der Waals surface area contributed by atoms with E-state index in [2.05, 4.69) is 5.43 Å². The predicted octanol–water partition coefficient (Wildman–Crippen LogP) is 0.541. The van der Waals surface area contributed by atoms with Crippen molar-refractivity contribution in [1.29, 1.82) is 0 Å². The minimum absolute atomic E-state index is 0.0637. The Hall–Kier alpha value is -1.29. The fourth-order valence-electron chi connectivity index (χ4n) is 0.877. The van der Waals surface area contributed by atoms with Crippen molar-refractivity contribution < 1.29 is 4.79 Å². The molecule has 2 atom stereocenters. The quantitative estimate of drug-likeness (QED) is 0.715. The van der Waals surface area contributed by atoms with Crippen molar-refractivity contribution in [3.63, 3.8) is 0 Å². The van der Waals surface area contributed by atoms with Gasteiger partial charge >= 0.3 is 0 Å². The third kappa shape index (κ3) is 2.59. The molecule has 0 aliphatic carbocycles. The van der Waals surface area contributed by atoms with Crippen molar-refractivity contribution in [3.8, 4) is 0 Å². The molecule has 1 amide bonds. The average Bonchev–Trinajstić information content (AvgIpc) is 2.55. The van der Waals surface area contributed by atoms with Crippen LogP contribution in [0.15, 0.2) is 24.5 Å². The topological polar surface area (TPSA) is 60.1 Å². The molecule has 13 heavy (non-hydrogen) atoms. The second-order valence-electron chi connectivity index (χ2n) is 3.21. The van der Waals surface area contributed by atoms with Crippen LogP contribution in [0.4, 0.5) is 0 Å². The van der Waals surface area contributed by atoms with Gasteiger partial charge in [0.1, 0.15) is 0 Å². The Morgan fingerprint density at radius 3 is 2.38 bits per heavy atom. The Morgan fingerprint density at radius 1 is 1.38 bits per heavy atom. The van der Waals surface area contributed by atoms with Crippen LogP contribution < -0.4 is 11.2 Å². The molecule has 0 aliphatic heterocycles. The van der Waals surface area contributed by atoms with Gasteiger partial charge in [-0.1, -0.05) is 6.92 Å². The van der Waals surface area contributed by atoms with Crippen molar-refractivity contribution in [2.24, 2.45) is 11.7 Å². The van der Waals surface area contributed by atoms with Gasteiger partial charge in [-0.15, -0.1) is 0 Å². The molecule has 72 valence electrons. The number of carbonyl (C=O) groups is 1. The maximum Gasteiger partial charge on any atom is 0.243 e. The first-order valence-electron chi connectivity index (χ1n) is 4.30. The third-order valence-electron chi connectivity index (χ3n) is 2.05. The number of amides is 1. The maximum atomic E-state index is 11.4. The highest BCUT2D eigenvalue weighted by molar-refractivity contribution is 5.86. The molecule has 0 saturated heterocycles. The molecule has 0 spiro atoms. The van der Waals surface area contributed by atoms with Crippen molar-refractivity contribution in [1.82, 2.24) is 4.68 Å². The molecule has 0 aliphatic rings. The zero-order valence-electron chi connectivity index (χ0n) is 7.90. The van der Waals surface area contributed by atoms with E-state index >= 15 is 0 Å². The van der Waals surface area contributed by atoms with Gasteiger partial charge in [0.15, 0.2) is 0 Å². The van der Waals surface area contributed by atoms with Gasteiger partial charge in [0.25, 0.3) is 0 Å². The molecule has 4 nitrogen and oxygen atoms in total. The number of rotatable bonds is 3. The number of nitrogens with two attached hydrogens (primary N) is 1. The van der Waals surface area contributed by atoms with E-state index in [1.165, 1.54) is 0 Å². The van der Waals surface area contributed by atoms with Gasteiger partial charge in [-0.05, 0) is 19.1 Å². The molecule has 1 rings (SSSR count). The normalized spacial score (nSPS) is 15.0. The van der Waals surface area contributed by atoms with Gasteiger partial charge in [0.2, 0.25) is 5.91 Å². The number of hydrogen-bond donors (Lipinski definition) is 2. The fourth-order valence-corrected chi connectivity index (χ4v) is 0.877. The summed E-state index contributed by atoms with van der Waals surface area (Å²) in [7, 11) is 0. The zero-order chi connectivity index (χ0) is 9.84. The van der Waals surface area contributed by atoms with Crippen LogP contribution in [0.25, 0.3) is 0 Å². The average molecular weight is 181 g/mol. The summed E-state index contributed by atoms with van der Waals surface area (Å²) >= 11 is 0. The fraction of sp³-hybridized carbons (Fsp3) is 0.444. The van der Waals surface area contributed by atoms with Crippen molar-refractivity contribution >= 4 is 5.91 Å². The van der Waals surface area contributed by atoms with Crippen LogP contribution in [-0.2, 0) is 4.79 Å². The minimum atomic E-state index is -0.178. The lowest BCUT2D eigenvalue weighted by Crippen LogP contribution is -2.37. The SMILES string of the molecule is CC(N)C(C)C(=O)Nn1cccc1. The van der Waals surface area contributed by atoms with Gasteiger partial charge in [-0.3, -0.25) is 14.9 Å². The van der Waals surface area contributed by atoms with Gasteiger partial charge in [-0.25, -0.2) is 0 Å². The summed E-state index contributed by atoms with van der Waals surface area (Å²) in [4.78, 5) is 11.4. The molecule has 4 heteroatoms. The van der Waals surface area contributed by atoms with E-state index in [0.717, 1.165) is 0 Å². The Balaban J connectivity index is 2.51. The Bertz CT molecular complexity index is 266. The highest BCUT2D eigenvalue weighted by Crippen LogP contribution is 2.00. The highest BCUT2D eigenvalue weighted by Gasteiger charge is 2.16. The number of hydrogen-bond acceptors (Lipinski definition) is 2. The summed E-state index contributed by atoms with van der Waals surface area (Å²) in [5.41, 5.74) is 8.30. The highest BCUT2D eigenvalue weighted by atomic mass is 16.2. The van der Waals surface area contributed by atoms with Crippen LogP contribution in [0.1, 0.15) is 13.8 Å². The van der Waals surface area contributed by atoms with Gasteiger partial charge in [0, 0.05) is 18.4 Å². The van der Waals surface area contributed by atoms with Crippen LogP contribution in [0.3, 0.4) is 0 Å². The molecular weight excluding hydrogens is 166 g/mol. The molecular formula is C9H15N3O. The molecule has 1 heterocycles. The van der Waals surface area contributed by atoms with Crippen molar-refractivity contribution in [3.05, 3.63) is 24.5 Å². The van der Waals surface area contributed by atoms with E-state index in [1.807, 2.05) is 26.0 Å². The molecule has 1 aromatic rings. The summed E-state index contributed by atoms with van der Waals surface area (Å²) in [6.45, 7) is 3.63. The Kier molecular flexibility index (Phi) is 3.08. The largest absolute Gasteiger partial charge is 0.327 e. The van der Waals surface area contributed by atoms with E-state index in [9.17, 15) is 4.79 Å². The second-order valence-corrected chi connectivity index (χ2v) is 3.21. The summed E-state index contributed by atoms with van der Waals surface area (Å²) in [6.07, 6.45) is 3.54. The molecule has 0 aromatic carbocycles. The van der Waals surface area contributed by atoms with Gasteiger partial charge in [0.05, 0.1) is 5.92 Å². The molecule has 0 bridgehead atoms. The van der Waals surface area contributed by atoms with Crippen LogP contribution in [0.2, 0.25) is 0 Å². The number of nitrogens with zero attached hydrogens (tertiary/aromatic N) is 1. The maximum absolute atomic E-state index is 11.4. The van der Waals surface area contributed by atoms with E-state index in [-0.39, 0.29) is 17.9 Å². The summed E-state index contributed by atoms with van der Waals surface area (Å²) < 4.78 is 1.61. The third-order valence-corrected chi connectivity index (χ3v) is 2.05. The number of carbonyl (C=O) groups excluding carboxylic acids is 1. The molecule has 0 saturated carbocycles. The van der Waals surface area contributed by atoms with Crippen molar-refractivity contribution in [2.75, 3.05) is 5.43 Å². The van der Waals surface area contributed by atoms with Gasteiger partial charge < -0.3 is 5.73 Å². The van der Waals surface area contributed by atoms with E-state index in [0.29, 0.717) is 0 Å². The molecule has 3 N–H and O–H groups in total. The Morgan fingerprint density at radius 2 is 1.92 bits per heavy atom. The molecule has 2 unspecified atom stereocenters. The number of nitrogens with one attached hydrogen (secondary N) is 1. The van der Waals surface area contributed by atoms with Crippen LogP contribution >= 0.6 is 0 Å². The van der Waals surface area contributed by atoms with E-state index < -0.39 is 0 Å². The molecule has 0 fully saturated rings. The summed E-state index contributed by atoms with van der Waals surface area (Å²) in [5, 5.41) is 0. The zero-order valence-corrected chi connectivity index (χ0v) is 7.90. The van der Waals surface area contributed by atoms with Gasteiger partial charge in [-0.2, -0.15) is 0 Å². The Labute approximate surface area is 77.7 Å². The van der Waals surface area contributed by atoms with Crippen LogP contribution in [-0.4, -0.2) is 16.6 Å². The standard InChI is InChI=1S/C9H15N3O/c1-7(8(2)10)9(13)11-12-5-3-4-6-12/h3-8H,10H2,1-2H3,(H,11,13).